The van der Waals surface area contributed by atoms with Crippen molar-refractivity contribution in [1.29, 1.82) is 0 Å². The first kappa shape index (κ1) is 20.2. The Morgan fingerprint density at radius 1 is 1.06 bits per heavy atom. The summed E-state index contributed by atoms with van der Waals surface area (Å²) in [6.45, 7) is -0.392. The van der Waals surface area contributed by atoms with E-state index < -0.39 is 11.9 Å². The van der Waals surface area contributed by atoms with E-state index in [4.69, 9.17) is 4.74 Å². The highest BCUT2D eigenvalue weighted by molar-refractivity contribution is 7.10. The molecule has 0 spiro atoms. The quantitative estimate of drug-likeness (QED) is 0.481. The standard InChI is InChI=1S/C25H19FN2O3S/c26-18-8-10-21-20(13-18)25(22-6-3-11-32-22)28(14-23(29)27-21)24(30)15-31-19-9-7-16-4-1-2-5-17(16)12-19/h1-13,25H,14-15H2,(H,27,29). The van der Waals surface area contributed by atoms with E-state index in [-0.39, 0.29) is 25.0 Å². The molecule has 0 aliphatic carbocycles. The Balaban J connectivity index is 1.45. The van der Waals surface area contributed by atoms with Gasteiger partial charge >= 0.3 is 0 Å². The van der Waals surface area contributed by atoms with E-state index in [0.29, 0.717) is 17.0 Å². The zero-order chi connectivity index (χ0) is 22.1. The van der Waals surface area contributed by atoms with Gasteiger partial charge in [-0.2, -0.15) is 0 Å². The van der Waals surface area contributed by atoms with Crippen molar-refractivity contribution in [3.8, 4) is 5.75 Å². The lowest BCUT2D eigenvalue weighted by Gasteiger charge is -2.29. The number of rotatable bonds is 4. The molecule has 5 nitrogen and oxygen atoms in total. The zero-order valence-corrected chi connectivity index (χ0v) is 17.8. The van der Waals surface area contributed by atoms with Crippen LogP contribution in [-0.4, -0.2) is 29.9 Å². The number of carbonyl (C=O) groups is 2. The molecule has 4 aromatic rings. The molecular formula is C25H19FN2O3S. The molecule has 1 atom stereocenters. The summed E-state index contributed by atoms with van der Waals surface area (Å²) in [6.07, 6.45) is 0. The van der Waals surface area contributed by atoms with Gasteiger partial charge in [-0.05, 0) is 52.6 Å². The summed E-state index contributed by atoms with van der Waals surface area (Å²) >= 11 is 1.45. The minimum absolute atomic E-state index is 0.154. The minimum atomic E-state index is -0.590. The van der Waals surface area contributed by atoms with Crippen molar-refractivity contribution in [2.45, 2.75) is 6.04 Å². The Morgan fingerprint density at radius 3 is 2.72 bits per heavy atom. The van der Waals surface area contributed by atoms with Crippen LogP contribution in [0, 0.1) is 5.82 Å². The molecule has 1 unspecified atom stereocenters. The number of hydrogen-bond acceptors (Lipinski definition) is 4. The summed E-state index contributed by atoms with van der Waals surface area (Å²) in [7, 11) is 0. The summed E-state index contributed by atoms with van der Waals surface area (Å²) in [5, 5.41) is 6.76. The van der Waals surface area contributed by atoms with Crippen LogP contribution in [0.5, 0.6) is 5.75 Å². The average Bonchev–Trinajstić information content (AvgIpc) is 3.28. The maximum Gasteiger partial charge on any atom is 0.261 e. The third kappa shape index (κ3) is 3.94. The molecule has 0 saturated carbocycles. The average molecular weight is 447 g/mol. The molecule has 7 heteroatoms. The highest BCUT2D eigenvalue weighted by Crippen LogP contribution is 2.38. The molecule has 0 fully saturated rings. The van der Waals surface area contributed by atoms with Gasteiger partial charge in [0.05, 0.1) is 6.04 Å². The molecule has 1 aliphatic rings. The number of nitrogens with one attached hydrogen (secondary N) is 1. The number of amides is 2. The van der Waals surface area contributed by atoms with Gasteiger partial charge in [-0.15, -0.1) is 11.3 Å². The van der Waals surface area contributed by atoms with E-state index in [1.165, 1.54) is 34.4 Å². The Morgan fingerprint density at radius 2 is 1.91 bits per heavy atom. The van der Waals surface area contributed by atoms with Gasteiger partial charge in [0.15, 0.2) is 6.61 Å². The predicted octanol–water partition coefficient (Wildman–Crippen LogP) is 4.99. The third-order valence-electron chi connectivity index (χ3n) is 5.42. The van der Waals surface area contributed by atoms with Crippen molar-refractivity contribution >= 4 is 39.6 Å². The smallest absolute Gasteiger partial charge is 0.261 e. The monoisotopic (exact) mass is 446 g/mol. The minimum Gasteiger partial charge on any atom is -0.484 e. The number of thiophene rings is 1. The summed E-state index contributed by atoms with van der Waals surface area (Å²) in [5.41, 5.74) is 1.04. The second-order valence-electron chi connectivity index (χ2n) is 7.52. The number of fused-ring (bicyclic) bond motifs is 2. The van der Waals surface area contributed by atoms with Gasteiger partial charge in [0, 0.05) is 16.1 Å². The Labute approximate surface area is 188 Å². The van der Waals surface area contributed by atoms with Crippen LogP contribution in [-0.2, 0) is 9.59 Å². The van der Waals surface area contributed by atoms with Crippen LogP contribution in [0.3, 0.4) is 0 Å². The van der Waals surface area contributed by atoms with E-state index in [1.54, 1.807) is 0 Å². The molecule has 2 heterocycles. The van der Waals surface area contributed by atoms with Crippen LogP contribution in [0.25, 0.3) is 10.8 Å². The maximum atomic E-state index is 14.1. The Bertz CT molecular complexity index is 1310. The molecule has 0 saturated heterocycles. The summed E-state index contributed by atoms with van der Waals surface area (Å²) in [5.74, 6) is -0.559. The van der Waals surface area contributed by atoms with Crippen LogP contribution in [0.2, 0.25) is 0 Å². The second kappa shape index (κ2) is 8.43. The first-order chi connectivity index (χ1) is 15.6. The number of hydrogen-bond donors (Lipinski definition) is 1. The normalized spacial score (nSPS) is 15.7. The number of benzene rings is 3. The number of carbonyl (C=O) groups excluding carboxylic acids is 2. The van der Waals surface area contributed by atoms with E-state index in [9.17, 15) is 14.0 Å². The Kier molecular flexibility index (Phi) is 5.33. The lowest BCUT2D eigenvalue weighted by Crippen LogP contribution is -2.41. The van der Waals surface area contributed by atoms with Gasteiger partial charge < -0.3 is 15.0 Å². The molecule has 1 aliphatic heterocycles. The number of ether oxygens (including phenoxy) is 1. The van der Waals surface area contributed by atoms with Crippen molar-refractivity contribution in [2.24, 2.45) is 0 Å². The van der Waals surface area contributed by atoms with E-state index >= 15 is 0 Å². The molecule has 3 aromatic carbocycles. The Hall–Kier alpha value is -3.71. The molecule has 5 rings (SSSR count). The largest absolute Gasteiger partial charge is 0.484 e. The molecule has 160 valence electrons. The van der Waals surface area contributed by atoms with Crippen LogP contribution in [0.1, 0.15) is 16.5 Å². The fraction of sp³-hybridized carbons (Fsp3) is 0.120. The third-order valence-corrected chi connectivity index (χ3v) is 6.35. The van der Waals surface area contributed by atoms with Gasteiger partial charge in [-0.3, -0.25) is 9.59 Å². The van der Waals surface area contributed by atoms with Gasteiger partial charge in [0.2, 0.25) is 5.91 Å². The molecule has 0 radical (unpaired) electrons. The van der Waals surface area contributed by atoms with Gasteiger partial charge in [0.1, 0.15) is 18.1 Å². The number of anilines is 1. The number of nitrogens with zero attached hydrogens (tertiary/aromatic N) is 1. The lowest BCUT2D eigenvalue weighted by molar-refractivity contribution is -0.138. The first-order valence-corrected chi connectivity index (χ1v) is 11.0. The first-order valence-electron chi connectivity index (χ1n) is 10.1. The molecule has 32 heavy (non-hydrogen) atoms. The van der Waals surface area contributed by atoms with E-state index in [2.05, 4.69) is 5.32 Å². The molecule has 2 amide bonds. The SMILES string of the molecule is O=C1CN(C(=O)COc2ccc3ccccc3c2)C(c2cccs2)c2cc(F)ccc2N1. The van der Waals surface area contributed by atoms with E-state index in [0.717, 1.165) is 15.6 Å². The maximum absolute atomic E-state index is 14.1. The van der Waals surface area contributed by atoms with Gasteiger partial charge in [-0.25, -0.2) is 4.39 Å². The molecule has 1 aromatic heterocycles. The molecule has 0 bridgehead atoms. The second-order valence-corrected chi connectivity index (χ2v) is 8.50. The molecular weight excluding hydrogens is 427 g/mol. The van der Waals surface area contributed by atoms with Gasteiger partial charge in [-0.1, -0.05) is 36.4 Å². The van der Waals surface area contributed by atoms with Crippen molar-refractivity contribution in [2.75, 3.05) is 18.5 Å². The van der Waals surface area contributed by atoms with Crippen molar-refractivity contribution < 1.29 is 18.7 Å². The topological polar surface area (TPSA) is 58.6 Å². The van der Waals surface area contributed by atoms with Crippen LogP contribution < -0.4 is 10.1 Å². The fourth-order valence-corrected chi connectivity index (χ4v) is 4.80. The lowest BCUT2D eigenvalue weighted by atomic mass is 10.0. The van der Waals surface area contributed by atoms with Crippen molar-refractivity contribution in [3.05, 3.63) is 94.4 Å². The van der Waals surface area contributed by atoms with Crippen molar-refractivity contribution in [1.82, 2.24) is 4.90 Å². The van der Waals surface area contributed by atoms with E-state index in [1.807, 2.05) is 60.0 Å². The fourth-order valence-electron chi connectivity index (χ4n) is 3.95. The predicted molar refractivity (Wildman–Crippen MR) is 122 cm³/mol. The highest BCUT2D eigenvalue weighted by Gasteiger charge is 2.34. The summed E-state index contributed by atoms with van der Waals surface area (Å²) < 4.78 is 19.9. The summed E-state index contributed by atoms with van der Waals surface area (Å²) in [4.78, 5) is 28.1. The zero-order valence-electron chi connectivity index (χ0n) is 17.0. The van der Waals surface area contributed by atoms with Crippen LogP contribution in [0.4, 0.5) is 10.1 Å². The highest BCUT2D eigenvalue weighted by atomic mass is 32.1. The molecule has 1 N–H and O–H groups in total. The van der Waals surface area contributed by atoms with Crippen LogP contribution in [0.15, 0.2) is 78.2 Å². The van der Waals surface area contributed by atoms with Gasteiger partial charge in [0.25, 0.3) is 5.91 Å². The van der Waals surface area contributed by atoms with Crippen LogP contribution >= 0.6 is 11.3 Å². The van der Waals surface area contributed by atoms with Crippen molar-refractivity contribution in [3.63, 3.8) is 0 Å². The summed E-state index contributed by atoms with van der Waals surface area (Å²) in [6, 6.07) is 20.8. The number of halogens is 1.